The molecule has 1 saturated carbocycles. The van der Waals surface area contributed by atoms with Crippen molar-refractivity contribution in [2.45, 2.75) is 38.9 Å². The third kappa shape index (κ3) is 3.30. The van der Waals surface area contributed by atoms with E-state index in [0.717, 1.165) is 12.0 Å². The largest absolute Gasteiger partial charge is 0.465 e. The molecule has 1 N–H and O–H groups in total. The molecule has 2 fully saturated rings. The van der Waals surface area contributed by atoms with Crippen LogP contribution in [0.1, 0.15) is 26.7 Å². The Hall–Kier alpha value is -0.910. The van der Waals surface area contributed by atoms with Crippen molar-refractivity contribution < 1.29 is 24.1 Å². The molecule has 21 heavy (non-hydrogen) atoms. The van der Waals surface area contributed by atoms with Gasteiger partial charge in [-0.1, -0.05) is 19.1 Å². The Morgan fingerprint density at radius 3 is 2.81 bits per heavy atom. The van der Waals surface area contributed by atoms with Crippen molar-refractivity contribution in [1.82, 2.24) is 0 Å². The number of hydrogen-bond donors (Lipinski definition) is 1. The van der Waals surface area contributed by atoms with Gasteiger partial charge in [-0.15, -0.1) is 0 Å². The molecule has 0 spiro atoms. The highest BCUT2D eigenvalue weighted by Crippen LogP contribution is 2.46. The third-order valence-electron chi connectivity index (χ3n) is 4.96. The number of cyclic esters (lactones) is 1. The summed E-state index contributed by atoms with van der Waals surface area (Å²) < 4.78 is 15.7. The SMILES string of the molecule is C=C(C)[C@H]1C[C@H](OCOC)[C@H](C)[C@H]1[C@H](O)[C@H]1CCOC1=O. The first-order valence-corrected chi connectivity index (χ1v) is 7.58. The number of rotatable bonds is 6. The molecule has 0 amide bonds. The molecule has 1 aliphatic heterocycles. The Balaban J connectivity index is 2.13. The molecule has 0 bridgehead atoms. The highest BCUT2D eigenvalue weighted by Gasteiger charge is 2.49. The van der Waals surface area contributed by atoms with Crippen LogP contribution >= 0.6 is 0 Å². The van der Waals surface area contributed by atoms with E-state index in [9.17, 15) is 9.90 Å². The van der Waals surface area contributed by atoms with E-state index in [2.05, 4.69) is 13.5 Å². The van der Waals surface area contributed by atoms with Crippen LogP contribution in [0, 0.1) is 23.7 Å². The van der Waals surface area contributed by atoms with Crippen LogP contribution < -0.4 is 0 Å². The molecule has 0 aromatic heterocycles. The molecule has 2 aliphatic rings. The topological polar surface area (TPSA) is 65.0 Å². The van der Waals surface area contributed by atoms with Crippen molar-refractivity contribution >= 4 is 5.97 Å². The molecule has 0 unspecified atom stereocenters. The predicted octanol–water partition coefficient (Wildman–Crippen LogP) is 1.75. The zero-order valence-corrected chi connectivity index (χ0v) is 13.1. The Bertz CT molecular complexity index is 394. The summed E-state index contributed by atoms with van der Waals surface area (Å²) in [6.45, 7) is 8.74. The predicted molar refractivity (Wildman–Crippen MR) is 77.4 cm³/mol. The third-order valence-corrected chi connectivity index (χ3v) is 4.96. The molecule has 1 aliphatic carbocycles. The number of hydrogen-bond acceptors (Lipinski definition) is 5. The maximum atomic E-state index is 11.8. The fourth-order valence-corrected chi connectivity index (χ4v) is 3.78. The number of allylic oxidation sites excluding steroid dienone is 1. The fourth-order valence-electron chi connectivity index (χ4n) is 3.78. The smallest absolute Gasteiger partial charge is 0.311 e. The summed E-state index contributed by atoms with van der Waals surface area (Å²) in [5, 5.41) is 10.7. The van der Waals surface area contributed by atoms with Crippen LogP contribution in [0.4, 0.5) is 0 Å². The van der Waals surface area contributed by atoms with E-state index in [4.69, 9.17) is 14.2 Å². The summed E-state index contributed by atoms with van der Waals surface area (Å²) in [5.74, 6) is -0.424. The van der Waals surface area contributed by atoms with E-state index >= 15 is 0 Å². The van der Waals surface area contributed by atoms with Gasteiger partial charge in [0.25, 0.3) is 0 Å². The molecule has 6 atom stereocenters. The van der Waals surface area contributed by atoms with Crippen molar-refractivity contribution in [2.24, 2.45) is 23.7 Å². The lowest BCUT2D eigenvalue weighted by Gasteiger charge is -2.31. The molecule has 0 aromatic rings. The molecular weight excluding hydrogens is 272 g/mol. The van der Waals surface area contributed by atoms with E-state index in [1.54, 1.807) is 7.11 Å². The first-order chi connectivity index (χ1) is 9.97. The number of aliphatic hydroxyl groups is 1. The van der Waals surface area contributed by atoms with Gasteiger partial charge in [-0.3, -0.25) is 4.79 Å². The number of esters is 1. The number of aliphatic hydroxyl groups excluding tert-OH is 1. The van der Waals surface area contributed by atoms with Gasteiger partial charge in [-0.05, 0) is 37.5 Å². The first-order valence-electron chi connectivity index (χ1n) is 7.58. The number of methoxy groups -OCH3 is 1. The maximum Gasteiger partial charge on any atom is 0.311 e. The summed E-state index contributed by atoms with van der Waals surface area (Å²) in [7, 11) is 1.59. The van der Waals surface area contributed by atoms with Crippen LogP contribution in [-0.2, 0) is 19.0 Å². The van der Waals surface area contributed by atoms with E-state index in [1.165, 1.54) is 0 Å². The van der Waals surface area contributed by atoms with Gasteiger partial charge >= 0.3 is 5.97 Å². The Labute approximate surface area is 126 Å². The minimum absolute atomic E-state index is 0.0173. The van der Waals surface area contributed by atoms with E-state index in [-0.39, 0.29) is 36.6 Å². The fraction of sp³-hybridized carbons (Fsp3) is 0.812. The van der Waals surface area contributed by atoms with Crippen LogP contribution in [0.25, 0.3) is 0 Å². The van der Waals surface area contributed by atoms with Gasteiger partial charge in [0.15, 0.2) is 0 Å². The van der Waals surface area contributed by atoms with Gasteiger partial charge in [0.1, 0.15) is 6.79 Å². The van der Waals surface area contributed by atoms with Gasteiger partial charge in [0.2, 0.25) is 0 Å². The van der Waals surface area contributed by atoms with Gasteiger partial charge in [-0.25, -0.2) is 0 Å². The Kier molecular flexibility index (Phi) is 5.41. The standard InChI is InChI=1S/C16H26O5/c1-9(2)12-7-13(21-8-19-4)10(3)14(12)15(17)11-5-6-20-16(11)18/h10-15,17H,1,5-8H2,2-4H3/t10-,11+,12+,13-,14+,15+/m0/s1. The lowest BCUT2D eigenvalue weighted by molar-refractivity contribution is -0.146. The van der Waals surface area contributed by atoms with Crippen LogP contribution in [0.15, 0.2) is 12.2 Å². The summed E-state index contributed by atoms with van der Waals surface area (Å²) >= 11 is 0. The Morgan fingerprint density at radius 2 is 2.29 bits per heavy atom. The summed E-state index contributed by atoms with van der Waals surface area (Å²) in [5.41, 5.74) is 1.03. The van der Waals surface area contributed by atoms with Gasteiger partial charge in [0.05, 0.1) is 24.7 Å². The van der Waals surface area contributed by atoms with E-state index < -0.39 is 12.0 Å². The van der Waals surface area contributed by atoms with Crippen molar-refractivity contribution in [1.29, 1.82) is 0 Å². The molecule has 120 valence electrons. The highest BCUT2D eigenvalue weighted by molar-refractivity contribution is 5.74. The van der Waals surface area contributed by atoms with Crippen molar-refractivity contribution in [3.63, 3.8) is 0 Å². The first kappa shape index (κ1) is 16.5. The molecule has 1 heterocycles. The van der Waals surface area contributed by atoms with Crippen LogP contribution in [0.5, 0.6) is 0 Å². The van der Waals surface area contributed by atoms with E-state index in [1.807, 2.05) is 6.92 Å². The van der Waals surface area contributed by atoms with Crippen LogP contribution in [0.3, 0.4) is 0 Å². The minimum Gasteiger partial charge on any atom is -0.465 e. The van der Waals surface area contributed by atoms with Crippen LogP contribution in [-0.4, -0.2) is 43.8 Å². The zero-order valence-electron chi connectivity index (χ0n) is 13.1. The monoisotopic (exact) mass is 298 g/mol. The average molecular weight is 298 g/mol. The lowest BCUT2D eigenvalue weighted by Crippen LogP contribution is -2.38. The normalized spacial score (nSPS) is 37.5. The molecule has 0 radical (unpaired) electrons. The highest BCUT2D eigenvalue weighted by atomic mass is 16.7. The summed E-state index contributed by atoms with van der Waals surface area (Å²) in [6.07, 6.45) is 0.718. The Morgan fingerprint density at radius 1 is 1.57 bits per heavy atom. The second kappa shape index (κ2) is 6.90. The molecule has 0 aromatic carbocycles. The summed E-state index contributed by atoms with van der Waals surface area (Å²) in [6, 6.07) is 0. The number of ether oxygens (including phenoxy) is 3. The van der Waals surface area contributed by atoms with Gasteiger partial charge < -0.3 is 19.3 Å². The minimum atomic E-state index is -0.701. The van der Waals surface area contributed by atoms with Crippen molar-refractivity contribution in [3.05, 3.63) is 12.2 Å². The van der Waals surface area contributed by atoms with Gasteiger partial charge in [0, 0.05) is 7.11 Å². The second-order valence-corrected chi connectivity index (χ2v) is 6.29. The maximum absolute atomic E-state index is 11.8. The second-order valence-electron chi connectivity index (χ2n) is 6.29. The molecule has 1 saturated heterocycles. The van der Waals surface area contributed by atoms with Crippen molar-refractivity contribution in [2.75, 3.05) is 20.5 Å². The average Bonchev–Trinajstić information content (AvgIpc) is 3.00. The van der Waals surface area contributed by atoms with Crippen molar-refractivity contribution in [3.8, 4) is 0 Å². The number of carbonyl (C=O) groups is 1. The number of carbonyl (C=O) groups excluding carboxylic acids is 1. The molecular formula is C16H26O5. The van der Waals surface area contributed by atoms with Gasteiger partial charge in [-0.2, -0.15) is 0 Å². The zero-order chi connectivity index (χ0) is 15.6. The lowest BCUT2D eigenvalue weighted by atomic mass is 9.77. The van der Waals surface area contributed by atoms with Crippen LogP contribution in [0.2, 0.25) is 0 Å². The quantitative estimate of drug-likeness (QED) is 0.460. The molecule has 5 nitrogen and oxygen atoms in total. The summed E-state index contributed by atoms with van der Waals surface area (Å²) in [4.78, 5) is 11.8. The molecule has 5 heteroatoms. The van der Waals surface area contributed by atoms with E-state index in [0.29, 0.717) is 13.0 Å². The molecule has 2 rings (SSSR count).